The number of H-pyrrole nitrogens is 2. The van der Waals surface area contributed by atoms with Crippen LogP contribution in [0.15, 0.2) is 66.9 Å². The summed E-state index contributed by atoms with van der Waals surface area (Å²) in [4.78, 5) is 15.4. The summed E-state index contributed by atoms with van der Waals surface area (Å²) in [6, 6.07) is 20.4. The Kier molecular flexibility index (Phi) is 4.29. The molecule has 0 aliphatic rings. The van der Waals surface area contributed by atoms with E-state index in [0.29, 0.717) is 0 Å². The second-order valence-electron chi connectivity index (χ2n) is 7.61. The Balaban J connectivity index is 1.49. The number of thiophene rings is 1. The van der Waals surface area contributed by atoms with E-state index < -0.39 is 0 Å². The number of ether oxygens (including phenoxy) is 1. The van der Waals surface area contributed by atoms with Crippen molar-refractivity contribution in [3.8, 4) is 38.8 Å². The van der Waals surface area contributed by atoms with E-state index in [1.165, 1.54) is 15.3 Å². The Hall–Kier alpha value is -3.97. The Morgan fingerprint density at radius 1 is 1.00 bits per heavy atom. The maximum Gasteiger partial charge on any atom is 0.138 e. The number of pyridine rings is 2. The van der Waals surface area contributed by atoms with Gasteiger partial charge in [-0.1, -0.05) is 12.1 Å². The van der Waals surface area contributed by atoms with E-state index in [1.807, 2.05) is 42.6 Å². The number of aromatic nitrogens is 5. The standard InChI is InChI=1S/C25H19N5OS/c1-14-6-9-22(32-14)17-10-11-26-25-18(17)13-21(28-25)24-23-20(29-30-24)8-7-19(27-23)15-4-3-5-16(12-15)31-2/h3-13H,1-2H3,(H,26,28)(H,29,30). The fourth-order valence-electron chi connectivity index (χ4n) is 3.98. The fourth-order valence-corrected chi connectivity index (χ4v) is 4.89. The van der Waals surface area contributed by atoms with Gasteiger partial charge in [-0.15, -0.1) is 11.3 Å². The summed E-state index contributed by atoms with van der Waals surface area (Å²) >= 11 is 1.78. The van der Waals surface area contributed by atoms with Crippen molar-refractivity contribution in [3.05, 3.63) is 71.7 Å². The smallest absolute Gasteiger partial charge is 0.138 e. The molecule has 6 nitrogen and oxygen atoms in total. The highest BCUT2D eigenvalue weighted by Gasteiger charge is 2.16. The molecule has 0 aliphatic heterocycles. The highest BCUT2D eigenvalue weighted by molar-refractivity contribution is 7.15. The zero-order valence-corrected chi connectivity index (χ0v) is 18.3. The van der Waals surface area contributed by atoms with Gasteiger partial charge in [-0.05, 0) is 55.5 Å². The molecule has 0 saturated carbocycles. The first-order chi connectivity index (χ1) is 15.7. The van der Waals surface area contributed by atoms with Gasteiger partial charge in [0.1, 0.15) is 22.6 Å². The Morgan fingerprint density at radius 2 is 1.94 bits per heavy atom. The predicted molar refractivity (Wildman–Crippen MR) is 129 cm³/mol. The van der Waals surface area contributed by atoms with E-state index in [0.717, 1.165) is 50.5 Å². The maximum absolute atomic E-state index is 5.37. The minimum absolute atomic E-state index is 0.774. The van der Waals surface area contributed by atoms with Gasteiger partial charge in [0.05, 0.1) is 24.0 Å². The first-order valence-corrected chi connectivity index (χ1v) is 11.1. The number of nitrogens with one attached hydrogen (secondary N) is 2. The fraction of sp³-hybridized carbons (Fsp3) is 0.0800. The van der Waals surface area contributed by atoms with E-state index >= 15 is 0 Å². The van der Waals surface area contributed by atoms with Gasteiger partial charge in [0.25, 0.3) is 0 Å². The SMILES string of the molecule is COc1cccc(-c2ccc3[nH]nc(-c4cc5c(-c6ccc(C)s6)ccnc5[nH]4)c3n2)c1. The second-order valence-corrected chi connectivity index (χ2v) is 8.90. The first kappa shape index (κ1) is 18.8. The number of aryl methyl sites for hydroxylation is 1. The van der Waals surface area contributed by atoms with Gasteiger partial charge in [0.15, 0.2) is 0 Å². The summed E-state index contributed by atoms with van der Waals surface area (Å²) in [7, 11) is 1.67. The average molecular weight is 438 g/mol. The Morgan fingerprint density at radius 3 is 2.78 bits per heavy atom. The summed E-state index contributed by atoms with van der Waals surface area (Å²) in [5.41, 5.74) is 7.21. The normalized spacial score (nSPS) is 11.4. The molecule has 2 N–H and O–H groups in total. The number of hydrogen-bond acceptors (Lipinski definition) is 5. The molecule has 156 valence electrons. The number of fused-ring (bicyclic) bond motifs is 2. The summed E-state index contributed by atoms with van der Waals surface area (Å²) in [6.07, 6.45) is 1.84. The quantitative estimate of drug-likeness (QED) is 0.343. The van der Waals surface area contributed by atoms with Crippen LogP contribution in [0.25, 0.3) is 55.2 Å². The molecule has 0 fully saturated rings. The van der Waals surface area contributed by atoms with Gasteiger partial charge in [-0.25, -0.2) is 9.97 Å². The highest BCUT2D eigenvalue weighted by Crippen LogP contribution is 2.36. The van der Waals surface area contributed by atoms with Crippen molar-refractivity contribution in [2.45, 2.75) is 6.92 Å². The van der Waals surface area contributed by atoms with Gasteiger partial charge in [-0.2, -0.15) is 5.10 Å². The third-order valence-corrected chi connectivity index (χ3v) is 6.60. The van der Waals surface area contributed by atoms with E-state index in [9.17, 15) is 0 Å². The minimum atomic E-state index is 0.774. The molecule has 0 bridgehead atoms. The van der Waals surface area contributed by atoms with Crippen LogP contribution >= 0.6 is 11.3 Å². The predicted octanol–water partition coefficient (Wildman–Crippen LogP) is 6.21. The van der Waals surface area contributed by atoms with Crippen LogP contribution in [0.1, 0.15) is 4.88 Å². The first-order valence-electron chi connectivity index (χ1n) is 10.2. The molecule has 5 heterocycles. The second kappa shape index (κ2) is 7.32. The lowest BCUT2D eigenvalue weighted by molar-refractivity contribution is 0.415. The molecule has 0 amide bonds. The number of rotatable bonds is 4. The molecular weight excluding hydrogens is 418 g/mol. The molecule has 0 unspecified atom stereocenters. The molecule has 0 atom stereocenters. The lowest BCUT2D eigenvalue weighted by atomic mass is 10.1. The zero-order valence-electron chi connectivity index (χ0n) is 17.5. The summed E-state index contributed by atoms with van der Waals surface area (Å²) in [6.45, 7) is 2.12. The lowest BCUT2D eigenvalue weighted by Gasteiger charge is -2.04. The van der Waals surface area contributed by atoms with Crippen molar-refractivity contribution in [3.63, 3.8) is 0 Å². The summed E-state index contributed by atoms with van der Waals surface area (Å²) in [5, 5.41) is 8.75. The van der Waals surface area contributed by atoms with Crippen molar-refractivity contribution < 1.29 is 4.74 Å². The van der Waals surface area contributed by atoms with Gasteiger partial charge in [0, 0.05) is 32.5 Å². The molecule has 0 saturated heterocycles. The van der Waals surface area contributed by atoms with Crippen molar-refractivity contribution in [1.82, 2.24) is 25.1 Å². The average Bonchev–Trinajstić information content (AvgIpc) is 3.55. The maximum atomic E-state index is 5.37. The van der Waals surface area contributed by atoms with Crippen molar-refractivity contribution in [2.75, 3.05) is 7.11 Å². The van der Waals surface area contributed by atoms with Gasteiger partial charge >= 0.3 is 0 Å². The molecule has 7 heteroatoms. The molecule has 6 aromatic rings. The summed E-state index contributed by atoms with van der Waals surface area (Å²) < 4.78 is 5.37. The van der Waals surface area contributed by atoms with Gasteiger partial charge < -0.3 is 9.72 Å². The molecule has 32 heavy (non-hydrogen) atoms. The Labute approximate surface area is 187 Å². The summed E-state index contributed by atoms with van der Waals surface area (Å²) in [5.74, 6) is 0.801. The number of aromatic amines is 2. The molecule has 6 rings (SSSR count). The number of nitrogens with zero attached hydrogens (tertiary/aromatic N) is 3. The monoisotopic (exact) mass is 437 g/mol. The number of methoxy groups -OCH3 is 1. The largest absolute Gasteiger partial charge is 0.497 e. The van der Waals surface area contributed by atoms with Crippen LogP contribution in [0, 0.1) is 6.92 Å². The third kappa shape index (κ3) is 3.06. The Bertz CT molecular complexity index is 1590. The van der Waals surface area contributed by atoms with E-state index in [1.54, 1.807) is 18.4 Å². The number of benzene rings is 1. The molecule has 1 aromatic carbocycles. The molecule has 5 aromatic heterocycles. The van der Waals surface area contributed by atoms with Gasteiger partial charge in [0.2, 0.25) is 0 Å². The zero-order chi connectivity index (χ0) is 21.7. The molecule has 0 spiro atoms. The highest BCUT2D eigenvalue weighted by atomic mass is 32.1. The van der Waals surface area contributed by atoms with Crippen LogP contribution in [0.5, 0.6) is 5.75 Å². The van der Waals surface area contributed by atoms with Crippen LogP contribution in [-0.4, -0.2) is 32.3 Å². The third-order valence-electron chi connectivity index (χ3n) is 5.57. The van der Waals surface area contributed by atoms with Crippen LogP contribution in [0.2, 0.25) is 0 Å². The van der Waals surface area contributed by atoms with Crippen molar-refractivity contribution >= 4 is 33.4 Å². The topological polar surface area (TPSA) is 79.5 Å². The molecule has 0 radical (unpaired) electrons. The van der Waals surface area contributed by atoms with Crippen LogP contribution in [0.3, 0.4) is 0 Å². The van der Waals surface area contributed by atoms with E-state index in [-0.39, 0.29) is 0 Å². The molecular formula is C25H19N5OS. The van der Waals surface area contributed by atoms with Crippen LogP contribution in [0.4, 0.5) is 0 Å². The minimum Gasteiger partial charge on any atom is -0.497 e. The van der Waals surface area contributed by atoms with Crippen molar-refractivity contribution in [2.24, 2.45) is 0 Å². The van der Waals surface area contributed by atoms with Crippen molar-refractivity contribution in [1.29, 1.82) is 0 Å². The van der Waals surface area contributed by atoms with Crippen LogP contribution < -0.4 is 4.74 Å². The lowest BCUT2D eigenvalue weighted by Crippen LogP contribution is -1.88. The van der Waals surface area contributed by atoms with E-state index in [2.05, 4.69) is 51.4 Å². The van der Waals surface area contributed by atoms with Crippen LogP contribution in [-0.2, 0) is 0 Å². The van der Waals surface area contributed by atoms with Gasteiger partial charge in [-0.3, -0.25) is 5.10 Å². The molecule has 0 aliphatic carbocycles. The number of hydrogen-bond donors (Lipinski definition) is 2. The van der Waals surface area contributed by atoms with E-state index in [4.69, 9.17) is 9.72 Å².